The van der Waals surface area contributed by atoms with Crippen molar-refractivity contribution >= 4 is 28.9 Å². The van der Waals surface area contributed by atoms with E-state index in [9.17, 15) is 4.79 Å². The maximum atomic E-state index is 10.9. The average Bonchev–Trinajstić information content (AvgIpc) is 2.83. The first-order valence-electron chi connectivity index (χ1n) is 7.35. The van der Waals surface area contributed by atoms with Gasteiger partial charge in [-0.25, -0.2) is 9.97 Å². The third kappa shape index (κ3) is 3.05. The molecular formula is C15H19N3O2S. The molecule has 0 amide bonds. The van der Waals surface area contributed by atoms with Crippen molar-refractivity contribution in [1.82, 2.24) is 14.5 Å². The highest BCUT2D eigenvalue weighted by Crippen LogP contribution is 2.34. The largest absolute Gasteiger partial charge is 0.481 e. The van der Waals surface area contributed by atoms with Crippen molar-refractivity contribution in [2.24, 2.45) is 0 Å². The standard InChI is InChI=1S/C15H19N3O2S/c1-10-7-8-12-14(16-10)18(11-5-3-2-4-6-11)15(17-12)21-9-13(19)20/h7-8,11H,2-6,9H2,1H3,(H,19,20). The maximum absolute atomic E-state index is 10.9. The molecule has 112 valence electrons. The van der Waals surface area contributed by atoms with E-state index >= 15 is 0 Å². The Hall–Kier alpha value is -1.56. The number of carbonyl (C=O) groups is 1. The van der Waals surface area contributed by atoms with Crippen molar-refractivity contribution in [1.29, 1.82) is 0 Å². The minimum Gasteiger partial charge on any atom is -0.481 e. The number of imidazole rings is 1. The lowest BCUT2D eigenvalue weighted by Crippen LogP contribution is -2.15. The molecule has 2 heterocycles. The molecular weight excluding hydrogens is 286 g/mol. The molecule has 0 atom stereocenters. The van der Waals surface area contributed by atoms with Crippen molar-refractivity contribution in [2.75, 3.05) is 5.75 Å². The lowest BCUT2D eigenvalue weighted by molar-refractivity contribution is -0.133. The van der Waals surface area contributed by atoms with E-state index in [-0.39, 0.29) is 5.75 Å². The van der Waals surface area contributed by atoms with Gasteiger partial charge in [0.05, 0.1) is 5.75 Å². The van der Waals surface area contributed by atoms with Gasteiger partial charge in [-0.05, 0) is 31.9 Å². The molecule has 5 nitrogen and oxygen atoms in total. The molecule has 0 spiro atoms. The first-order chi connectivity index (χ1) is 10.1. The van der Waals surface area contributed by atoms with Crippen LogP contribution in [0.3, 0.4) is 0 Å². The Kier molecular flexibility index (Phi) is 4.14. The number of nitrogens with zero attached hydrogens (tertiary/aromatic N) is 3. The van der Waals surface area contributed by atoms with Gasteiger partial charge >= 0.3 is 5.97 Å². The molecule has 1 fully saturated rings. The number of hydrogen-bond donors (Lipinski definition) is 1. The Labute approximate surface area is 127 Å². The van der Waals surface area contributed by atoms with Gasteiger partial charge in [-0.15, -0.1) is 0 Å². The quantitative estimate of drug-likeness (QED) is 0.877. The molecule has 0 bridgehead atoms. The number of fused-ring (bicyclic) bond motifs is 1. The molecule has 1 N–H and O–H groups in total. The van der Waals surface area contributed by atoms with Crippen molar-refractivity contribution in [3.8, 4) is 0 Å². The van der Waals surface area contributed by atoms with Crippen LogP contribution in [0.25, 0.3) is 11.2 Å². The Morgan fingerprint density at radius 2 is 2.10 bits per heavy atom. The summed E-state index contributed by atoms with van der Waals surface area (Å²) in [6.07, 6.45) is 5.98. The van der Waals surface area contributed by atoms with E-state index in [0.717, 1.165) is 34.9 Å². The first kappa shape index (κ1) is 14.4. The second-order valence-electron chi connectivity index (χ2n) is 5.53. The van der Waals surface area contributed by atoms with Crippen molar-refractivity contribution in [2.45, 2.75) is 50.2 Å². The molecule has 2 aromatic heterocycles. The third-order valence-electron chi connectivity index (χ3n) is 3.91. The molecule has 0 radical (unpaired) electrons. The van der Waals surface area contributed by atoms with Gasteiger partial charge in [-0.3, -0.25) is 4.79 Å². The van der Waals surface area contributed by atoms with E-state index in [1.807, 2.05) is 19.1 Å². The number of thioether (sulfide) groups is 1. The minimum absolute atomic E-state index is 0.0367. The van der Waals surface area contributed by atoms with Crippen molar-refractivity contribution in [3.63, 3.8) is 0 Å². The number of aromatic nitrogens is 3. The summed E-state index contributed by atoms with van der Waals surface area (Å²) in [6, 6.07) is 4.32. The van der Waals surface area contributed by atoms with Crippen LogP contribution in [0.4, 0.5) is 0 Å². The molecule has 6 heteroatoms. The van der Waals surface area contributed by atoms with Gasteiger partial charge in [-0.1, -0.05) is 31.0 Å². The molecule has 2 aromatic rings. The zero-order valence-corrected chi connectivity index (χ0v) is 12.9. The summed E-state index contributed by atoms with van der Waals surface area (Å²) in [7, 11) is 0. The first-order valence-corrected chi connectivity index (χ1v) is 8.34. The number of pyridine rings is 1. The van der Waals surface area contributed by atoms with Crippen LogP contribution in [0, 0.1) is 6.92 Å². The Morgan fingerprint density at radius 3 is 2.81 bits per heavy atom. The molecule has 1 aliphatic carbocycles. The van der Waals surface area contributed by atoms with E-state index < -0.39 is 5.97 Å². The van der Waals surface area contributed by atoms with Crippen molar-refractivity contribution in [3.05, 3.63) is 17.8 Å². The lowest BCUT2D eigenvalue weighted by Gasteiger charge is -2.24. The van der Waals surface area contributed by atoms with Gasteiger partial charge in [0, 0.05) is 11.7 Å². The molecule has 0 unspecified atom stereocenters. The predicted molar refractivity (Wildman–Crippen MR) is 82.7 cm³/mol. The summed E-state index contributed by atoms with van der Waals surface area (Å²) in [5.41, 5.74) is 2.73. The Morgan fingerprint density at radius 1 is 1.33 bits per heavy atom. The fraction of sp³-hybridized carbons (Fsp3) is 0.533. The maximum Gasteiger partial charge on any atom is 0.313 e. The molecule has 1 saturated carbocycles. The van der Waals surface area contributed by atoms with E-state index in [4.69, 9.17) is 5.11 Å². The van der Waals surface area contributed by atoms with Gasteiger partial charge in [-0.2, -0.15) is 0 Å². The smallest absolute Gasteiger partial charge is 0.313 e. The summed E-state index contributed by atoms with van der Waals surface area (Å²) >= 11 is 1.29. The fourth-order valence-corrected chi connectivity index (χ4v) is 3.73. The van der Waals surface area contributed by atoms with Crippen LogP contribution in [0.1, 0.15) is 43.8 Å². The number of rotatable bonds is 4. The highest BCUT2D eigenvalue weighted by Gasteiger charge is 2.23. The van der Waals surface area contributed by atoms with Crippen LogP contribution in [-0.4, -0.2) is 31.4 Å². The number of carboxylic acids is 1. The zero-order chi connectivity index (χ0) is 14.8. The van der Waals surface area contributed by atoms with Crippen LogP contribution in [0.15, 0.2) is 17.3 Å². The van der Waals surface area contributed by atoms with Crippen LogP contribution < -0.4 is 0 Å². The normalized spacial score (nSPS) is 16.4. The number of carboxylic acid groups (broad SMARTS) is 1. The fourth-order valence-electron chi connectivity index (χ4n) is 2.94. The molecule has 21 heavy (non-hydrogen) atoms. The summed E-state index contributed by atoms with van der Waals surface area (Å²) in [5.74, 6) is -0.777. The second-order valence-corrected chi connectivity index (χ2v) is 6.48. The summed E-state index contributed by atoms with van der Waals surface area (Å²) in [5, 5.41) is 9.71. The Balaban J connectivity index is 2.04. The summed E-state index contributed by atoms with van der Waals surface area (Å²) in [6.45, 7) is 1.97. The second kappa shape index (κ2) is 6.05. The van der Waals surface area contributed by atoms with E-state index in [1.54, 1.807) is 0 Å². The lowest BCUT2D eigenvalue weighted by atomic mass is 9.95. The van der Waals surface area contributed by atoms with Crippen molar-refractivity contribution < 1.29 is 9.90 Å². The highest BCUT2D eigenvalue weighted by atomic mass is 32.2. The zero-order valence-electron chi connectivity index (χ0n) is 12.1. The Bertz CT molecular complexity index is 662. The van der Waals surface area contributed by atoms with E-state index in [0.29, 0.717) is 6.04 Å². The van der Waals surface area contributed by atoms with Gasteiger partial charge in [0.25, 0.3) is 0 Å². The number of hydrogen-bond acceptors (Lipinski definition) is 4. The number of aryl methyl sites for hydroxylation is 1. The van der Waals surface area contributed by atoms with Crippen LogP contribution in [-0.2, 0) is 4.79 Å². The molecule has 0 aromatic carbocycles. The van der Waals surface area contributed by atoms with Gasteiger partial charge < -0.3 is 9.67 Å². The molecule has 0 saturated heterocycles. The average molecular weight is 305 g/mol. The molecule has 3 rings (SSSR count). The van der Waals surface area contributed by atoms with Crippen LogP contribution >= 0.6 is 11.8 Å². The summed E-state index contributed by atoms with van der Waals surface area (Å²) < 4.78 is 2.18. The third-order valence-corrected chi connectivity index (χ3v) is 4.85. The topological polar surface area (TPSA) is 68.0 Å². The monoisotopic (exact) mass is 305 g/mol. The minimum atomic E-state index is -0.814. The van der Waals surface area contributed by atoms with Crippen LogP contribution in [0.5, 0.6) is 0 Å². The SMILES string of the molecule is Cc1ccc2nc(SCC(=O)O)n(C3CCCCC3)c2n1. The van der Waals surface area contributed by atoms with Gasteiger partial charge in [0.1, 0.15) is 5.52 Å². The van der Waals surface area contributed by atoms with E-state index in [2.05, 4.69) is 14.5 Å². The predicted octanol–water partition coefficient (Wildman–Crippen LogP) is 3.42. The molecule has 1 aliphatic rings. The molecule has 0 aliphatic heterocycles. The van der Waals surface area contributed by atoms with Gasteiger partial charge in [0.2, 0.25) is 0 Å². The van der Waals surface area contributed by atoms with Crippen LogP contribution in [0.2, 0.25) is 0 Å². The number of aliphatic carboxylic acids is 1. The highest BCUT2D eigenvalue weighted by molar-refractivity contribution is 7.99. The van der Waals surface area contributed by atoms with Gasteiger partial charge in [0.15, 0.2) is 10.8 Å². The van der Waals surface area contributed by atoms with E-state index in [1.165, 1.54) is 31.0 Å². The summed E-state index contributed by atoms with van der Waals surface area (Å²) in [4.78, 5) is 20.1.